The number of carbonyl (C=O) groups is 1. The zero-order valence-corrected chi connectivity index (χ0v) is 21.0. The zero-order chi connectivity index (χ0) is 26.2. The Balaban J connectivity index is 1.59. The molecule has 1 aromatic carbocycles. The molecule has 2 rings (SSSR count). The molecule has 202 valence electrons. The first kappa shape index (κ1) is 29.7. The maximum absolute atomic E-state index is 11.7. The van der Waals surface area contributed by atoms with Gasteiger partial charge in [-0.05, 0) is 81.6 Å². The monoisotopic (exact) mass is 507 g/mol. The standard InChI is InChI=1S/C27H41NO8/c29-22(15-14-21-10-4-3-5-11-21)16-17-24-23(25(30)20-26(24)31)12-6-1-2-7-13-27(32)35-18-8-9-19-36-28(33)34/h2-5,7,10-11,22-26,29-31H,1,6,8-9,12-20H2/b7-2-/t22-,23+,24+,25-,26+/m0/s1. The van der Waals surface area contributed by atoms with Gasteiger partial charge in [-0.2, -0.15) is 0 Å². The maximum Gasteiger partial charge on any atom is 0.309 e. The van der Waals surface area contributed by atoms with Crippen molar-refractivity contribution in [3.8, 4) is 0 Å². The molecule has 0 heterocycles. The minimum Gasteiger partial charge on any atom is -0.465 e. The number of unbranched alkanes of at least 4 members (excludes halogenated alkanes) is 2. The number of nitrogens with zero attached hydrogens (tertiary/aromatic N) is 1. The second-order valence-electron chi connectivity index (χ2n) is 9.54. The second kappa shape index (κ2) is 17.1. The number of aliphatic hydroxyl groups is 3. The molecule has 1 aliphatic rings. The first-order chi connectivity index (χ1) is 17.4. The van der Waals surface area contributed by atoms with E-state index >= 15 is 0 Å². The molecule has 36 heavy (non-hydrogen) atoms. The number of benzene rings is 1. The first-order valence-corrected chi connectivity index (χ1v) is 13.0. The second-order valence-corrected chi connectivity index (χ2v) is 9.54. The topological polar surface area (TPSA) is 139 Å². The fourth-order valence-electron chi connectivity index (χ4n) is 4.84. The Labute approximate surface area is 213 Å². The third-order valence-electron chi connectivity index (χ3n) is 6.82. The van der Waals surface area contributed by atoms with Crippen molar-refractivity contribution < 1.29 is 34.8 Å². The Morgan fingerprint density at radius 2 is 1.72 bits per heavy atom. The predicted octanol–water partition coefficient (Wildman–Crippen LogP) is 3.77. The highest BCUT2D eigenvalue weighted by molar-refractivity contribution is 5.71. The summed E-state index contributed by atoms with van der Waals surface area (Å²) in [6, 6.07) is 10.1. The summed E-state index contributed by atoms with van der Waals surface area (Å²) < 4.78 is 5.07. The number of hydrogen-bond donors (Lipinski definition) is 3. The molecule has 0 radical (unpaired) electrons. The number of esters is 1. The highest BCUT2D eigenvalue weighted by Crippen LogP contribution is 2.39. The van der Waals surface area contributed by atoms with Crippen LogP contribution in [0.25, 0.3) is 0 Å². The van der Waals surface area contributed by atoms with Crippen molar-refractivity contribution in [3.63, 3.8) is 0 Å². The molecule has 1 aliphatic carbocycles. The molecule has 0 aromatic heterocycles. The van der Waals surface area contributed by atoms with Gasteiger partial charge in [-0.3, -0.25) is 4.79 Å². The molecule has 3 N–H and O–H groups in total. The maximum atomic E-state index is 11.7. The van der Waals surface area contributed by atoms with Crippen LogP contribution in [0.4, 0.5) is 0 Å². The molecule has 9 nitrogen and oxygen atoms in total. The average Bonchev–Trinajstić information content (AvgIpc) is 3.12. The summed E-state index contributed by atoms with van der Waals surface area (Å²) in [5, 5.41) is 40.5. The fourth-order valence-corrected chi connectivity index (χ4v) is 4.84. The van der Waals surface area contributed by atoms with E-state index in [1.807, 2.05) is 24.3 Å². The number of aliphatic hydroxyl groups excluding tert-OH is 3. The molecule has 0 saturated heterocycles. The molecular formula is C27H41NO8. The van der Waals surface area contributed by atoms with Crippen LogP contribution in [0.3, 0.4) is 0 Å². The molecule has 0 aliphatic heterocycles. The summed E-state index contributed by atoms with van der Waals surface area (Å²) in [5.41, 5.74) is 1.20. The SMILES string of the molecule is O=C(C/C=C\CCC[C@@H]1[C@@H](CC[C@@H](O)CCc2ccccc2)[C@H](O)C[C@@H]1O)OCCCCO[N+](=O)[O-]. The molecule has 0 spiro atoms. The lowest BCUT2D eigenvalue weighted by atomic mass is 9.84. The molecule has 9 heteroatoms. The largest absolute Gasteiger partial charge is 0.465 e. The molecule has 0 bridgehead atoms. The first-order valence-electron chi connectivity index (χ1n) is 13.0. The van der Waals surface area contributed by atoms with E-state index in [4.69, 9.17) is 4.74 Å². The van der Waals surface area contributed by atoms with Crippen LogP contribution in [0, 0.1) is 22.0 Å². The molecule has 1 saturated carbocycles. The zero-order valence-electron chi connectivity index (χ0n) is 21.0. The Morgan fingerprint density at radius 1 is 1.03 bits per heavy atom. The number of hydrogen-bond acceptors (Lipinski definition) is 8. The van der Waals surface area contributed by atoms with Gasteiger partial charge >= 0.3 is 5.97 Å². The van der Waals surface area contributed by atoms with Gasteiger partial charge in [0.05, 0.1) is 37.9 Å². The lowest BCUT2D eigenvalue weighted by Crippen LogP contribution is -2.24. The van der Waals surface area contributed by atoms with Crippen LogP contribution in [-0.4, -0.2) is 57.9 Å². The highest BCUT2D eigenvalue weighted by atomic mass is 16.9. The van der Waals surface area contributed by atoms with Gasteiger partial charge in [0, 0.05) is 0 Å². The van der Waals surface area contributed by atoms with Crippen molar-refractivity contribution in [2.24, 2.45) is 11.8 Å². The van der Waals surface area contributed by atoms with E-state index < -0.39 is 23.4 Å². The van der Waals surface area contributed by atoms with Gasteiger partial charge in [-0.25, -0.2) is 0 Å². The van der Waals surface area contributed by atoms with Crippen molar-refractivity contribution in [3.05, 3.63) is 58.2 Å². The Kier molecular flexibility index (Phi) is 14.1. The van der Waals surface area contributed by atoms with Gasteiger partial charge in [0.2, 0.25) is 0 Å². The Morgan fingerprint density at radius 3 is 2.44 bits per heavy atom. The predicted molar refractivity (Wildman–Crippen MR) is 134 cm³/mol. The third-order valence-corrected chi connectivity index (χ3v) is 6.82. The summed E-state index contributed by atoms with van der Waals surface area (Å²) in [5.74, 6) is -0.346. The van der Waals surface area contributed by atoms with Crippen LogP contribution < -0.4 is 0 Å². The van der Waals surface area contributed by atoms with Gasteiger partial charge in [0.15, 0.2) is 0 Å². The Hall–Kier alpha value is -2.49. The average molecular weight is 508 g/mol. The summed E-state index contributed by atoms with van der Waals surface area (Å²) in [4.78, 5) is 25.9. The normalized spacial score (nSPS) is 22.5. The fraction of sp³-hybridized carbons (Fsp3) is 0.667. The smallest absolute Gasteiger partial charge is 0.309 e. The molecule has 0 unspecified atom stereocenters. The van der Waals surface area contributed by atoms with Crippen LogP contribution in [-0.2, 0) is 20.8 Å². The summed E-state index contributed by atoms with van der Waals surface area (Å²) in [6.07, 6.45) is 8.88. The van der Waals surface area contributed by atoms with E-state index in [9.17, 15) is 30.2 Å². The lowest BCUT2D eigenvalue weighted by molar-refractivity contribution is -0.757. The van der Waals surface area contributed by atoms with Crippen LogP contribution in [0.15, 0.2) is 42.5 Å². The van der Waals surface area contributed by atoms with Crippen molar-refractivity contribution >= 4 is 5.97 Å². The van der Waals surface area contributed by atoms with Gasteiger partial charge in [0.25, 0.3) is 5.09 Å². The van der Waals surface area contributed by atoms with Crippen LogP contribution >= 0.6 is 0 Å². The molecule has 0 amide bonds. The number of aryl methyl sites for hydroxylation is 1. The summed E-state index contributed by atoms with van der Waals surface area (Å²) in [6.45, 7) is 0.199. The van der Waals surface area contributed by atoms with Crippen molar-refractivity contribution in [2.75, 3.05) is 13.2 Å². The van der Waals surface area contributed by atoms with Gasteiger partial charge in [0.1, 0.15) is 0 Å². The van der Waals surface area contributed by atoms with E-state index in [1.165, 1.54) is 5.56 Å². The third kappa shape index (κ3) is 12.0. The van der Waals surface area contributed by atoms with Crippen LogP contribution in [0.1, 0.15) is 69.8 Å². The lowest BCUT2D eigenvalue weighted by Gasteiger charge is -2.24. The van der Waals surface area contributed by atoms with Gasteiger partial charge < -0.3 is 24.9 Å². The minimum atomic E-state index is -0.842. The molecule has 1 fully saturated rings. The van der Waals surface area contributed by atoms with E-state index in [1.54, 1.807) is 6.08 Å². The van der Waals surface area contributed by atoms with Crippen molar-refractivity contribution in [1.29, 1.82) is 0 Å². The highest BCUT2D eigenvalue weighted by Gasteiger charge is 2.40. The van der Waals surface area contributed by atoms with Crippen LogP contribution in [0.2, 0.25) is 0 Å². The van der Waals surface area contributed by atoms with Crippen LogP contribution in [0.5, 0.6) is 0 Å². The number of allylic oxidation sites excluding steroid dienone is 1. The molecular weight excluding hydrogens is 466 g/mol. The van der Waals surface area contributed by atoms with Gasteiger partial charge in [-0.1, -0.05) is 42.5 Å². The minimum absolute atomic E-state index is 0.00707. The molecule has 1 aromatic rings. The van der Waals surface area contributed by atoms with E-state index in [0.29, 0.717) is 38.5 Å². The van der Waals surface area contributed by atoms with Crippen molar-refractivity contribution in [2.45, 2.75) is 88.9 Å². The van der Waals surface area contributed by atoms with E-state index in [0.717, 1.165) is 25.7 Å². The number of rotatable bonds is 18. The quantitative estimate of drug-likeness (QED) is 0.0897. The Bertz CT molecular complexity index is 787. The molecule has 5 atom stereocenters. The number of carbonyl (C=O) groups excluding carboxylic acids is 1. The number of ether oxygens (including phenoxy) is 1. The van der Waals surface area contributed by atoms with Gasteiger partial charge in [-0.15, -0.1) is 10.1 Å². The summed E-state index contributed by atoms with van der Waals surface area (Å²) in [7, 11) is 0. The van der Waals surface area contributed by atoms with Crippen molar-refractivity contribution in [1.82, 2.24) is 0 Å². The van der Waals surface area contributed by atoms with E-state index in [2.05, 4.69) is 17.0 Å². The summed E-state index contributed by atoms with van der Waals surface area (Å²) >= 11 is 0. The van der Waals surface area contributed by atoms with E-state index in [-0.39, 0.29) is 37.4 Å².